The van der Waals surface area contributed by atoms with Crippen LogP contribution in [-0.2, 0) is 17.4 Å². The highest BCUT2D eigenvalue weighted by Crippen LogP contribution is 2.30. The third kappa shape index (κ3) is 4.97. The molecule has 28 heavy (non-hydrogen) atoms. The molecule has 5 nitrogen and oxygen atoms in total. The first-order valence-electron chi connectivity index (χ1n) is 8.67. The minimum Gasteiger partial charge on any atom is -0.421 e. The van der Waals surface area contributed by atoms with Crippen molar-refractivity contribution in [3.8, 4) is 11.5 Å². The number of benzene rings is 2. The van der Waals surface area contributed by atoms with Crippen molar-refractivity contribution in [3.05, 3.63) is 71.6 Å². The molecule has 8 heteroatoms. The first kappa shape index (κ1) is 19.6. The van der Waals surface area contributed by atoms with Gasteiger partial charge in [-0.2, -0.15) is 13.2 Å². The Hall–Kier alpha value is -3.16. The van der Waals surface area contributed by atoms with Crippen molar-refractivity contribution < 1.29 is 22.4 Å². The van der Waals surface area contributed by atoms with Crippen molar-refractivity contribution in [3.63, 3.8) is 0 Å². The number of alkyl halides is 3. The summed E-state index contributed by atoms with van der Waals surface area (Å²) in [5.41, 5.74) is 0.418. The highest BCUT2D eigenvalue weighted by Gasteiger charge is 2.30. The fourth-order valence-corrected chi connectivity index (χ4v) is 2.65. The monoisotopic (exact) mass is 389 g/mol. The maximum atomic E-state index is 12.8. The Labute approximate surface area is 159 Å². The molecule has 1 N–H and O–H groups in total. The zero-order valence-corrected chi connectivity index (χ0v) is 15.0. The van der Waals surface area contributed by atoms with E-state index in [2.05, 4.69) is 15.5 Å². The molecule has 0 saturated heterocycles. The Morgan fingerprint density at radius 2 is 1.86 bits per heavy atom. The summed E-state index contributed by atoms with van der Waals surface area (Å²) < 4.78 is 44.0. The fourth-order valence-electron chi connectivity index (χ4n) is 2.65. The van der Waals surface area contributed by atoms with Gasteiger partial charge < -0.3 is 9.73 Å². The van der Waals surface area contributed by atoms with Gasteiger partial charge in [0.2, 0.25) is 17.7 Å². The van der Waals surface area contributed by atoms with E-state index in [1.54, 1.807) is 13.0 Å². The van der Waals surface area contributed by atoms with Crippen LogP contribution in [0.3, 0.4) is 0 Å². The quantitative estimate of drug-likeness (QED) is 0.671. The molecule has 0 radical (unpaired) electrons. The van der Waals surface area contributed by atoms with Gasteiger partial charge in [0.05, 0.1) is 11.6 Å². The van der Waals surface area contributed by atoms with E-state index < -0.39 is 17.8 Å². The summed E-state index contributed by atoms with van der Waals surface area (Å²) in [5, 5.41) is 10.6. The molecule has 1 atom stereocenters. The maximum absolute atomic E-state index is 12.8. The molecular formula is C20H18F3N3O2. The lowest BCUT2D eigenvalue weighted by Crippen LogP contribution is -2.27. The summed E-state index contributed by atoms with van der Waals surface area (Å²) in [4.78, 5) is 12.1. The van der Waals surface area contributed by atoms with Crippen LogP contribution in [0.1, 0.15) is 36.4 Å². The number of rotatable bonds is 6. The van der Waals surface area contributed by atoms with Crippen LogP contribution in [0.15, 0.2) is 59.0 Å². The van der Waals surface area contributed by atoms with Crippen LogP contribution in [0.5, 0.6) is 0 Å². The standard InChI is InChI=1S/C20H18F3N3O2/c1-13(15-8-5-9-16(12-15)20(21,22)23)24-17(27)10-11-18-25-26-19(28-18)14-6-3-2-4-7-14/h2-9,12-13H,10-11H2,1H3,(H,24,27)/t13-/m0/s1. The minimum atomic E-state index is -4.42. The van der Waals surface area contributed by atoms with Gasteiger partial charge in [-0.15, -0.1) is 10.2 Å². The zero-order chi connectivity index (χ0) is 20.1. The number of halogens is 3. The first-order valence-corrected chi connectivity index (χ1v) is 8.67. The second kappa shape index (κ2) is 8.24. The normalized spacial score (nSPS) is 12.6. The summed E-state index contributed by atoms with van der Waals surface area (Å²) in [6, 6.07) is 13.6. The molecule has 0 aliphatic carbocycles. The average Bonchev–Trinajstić information content (AvgIpc) is 3.15. The van der Waals surface area contributed by atoms with Crippen molar-refractivity contribution in [2.45, 2.75) is 32.0 Å². The molecular weight excluding hydrogens is 371 g/mol. The van der Waals surface area contributed by atoms with E-state index in [0.717, 1.165) is 17.7 Å². The Morgan fingerprint density at radius 3 is 2.57 bits per heavy atom. The van der Waals surface area contributed by atoms with Crippen LogP contribution in [0.2, 0.25) is 0 Å². The van der Waals surface area contributed by atoms with Crippen molar-refractivity contribution >= 4 is 5.91 Å². The highest BCUT2D eigenvalue weighted by atomic mass is 19.4. The van der Waals surface area contributed by atoms with Gasteiger partial charge in [-0.1, -0.05) is 30.3 Å². The van der Waals surface area contributed by atoms with Gasteiger partial charge in [-0.3, -0.25) is 4.79 Å². The highest BCUT2D eigenvalue weighted by molar-refractivity contribution is 5.76. The third-order valence-corrected chi connectivity index (χ3v) is 4.14. The van der Waals surface area contributed by atoms with E-state index in [9.17, 15) is 18.0 Å². The molecule has 1 heterocycles. The lowest BCUT2D eigenvalue weighted by Gasteiger charge is -2.16. The number of nitrogens with zero attached hydrogens (tertiary/aromatic N) is 2. The molecule has 0 spiro atoms. The molecule has 0 unspecified atom stereocenters. The summed E-state index contributed by atoms with van der Waals surface area (Å²) >= 11 is 0. The van der Waals surface area contributed by atoms with E-state index in [1.165, 1.54) is 6.07 Å². The fraction of sp³-hybridized carbons (Fsp3) is 0.250. The number of hydrogen-bond acceptors (Lipinski definition) is 4. The van der Waals surface area contributed by atoms with Gasteiger partial charge in [-0.05, 0) is 36.8 Å². The van der Waals surface area contributed by atoms with E-state index in [4.69, 9.17) is 4.42 Å². The number of carbonyl (C=O) groups excluding carboxylic acids is 1. The summed E-state index contributed by atoms with van der Waals surface area (Å²) in [5.74, 6) is 0.374. The summed E-state index contributed by atoms with van der Waals surface area (Å²) in [6.07, 6.45) is -4.10. The molecule has 0 bridgehead atoms. The van der Waals surface area contributed by atoms with Crippen molar-refractivity contribution in [1.29, 1.82) is 0 Å². The SMILES string of the molecule is C[C@H](NC(=O)CCc1nnc(-c2ccccc2)o1)c1cccc(C(F)(F)F)c1. The molecule has 0 aliphatic rings. The molecule has 146 valence electrons. The summed E-state index contributed by atoms with van der Waals surface area (Å²) in [6.45, 7) is 1.63. The Morgan fingerprint density at radius 1 is 1.11 bits per heavy atom. The Kier molecular flexibility index (Phi) is 5.77. The molecule has 1 aromatic heterocycles. The minimum absolute atomic E-state index is 0.0831. The largest absolute Gasteiger partial charge is 0.421 e. The smallest absolute Gasteiger partial charge is 0.416 e. The number of aryl methyl sites for hydroxylation is 1. The number of carbonyl (C=O) groups is 1. The van der Waals surface area contributed by atoms with Crippen molar-refractivity contribution in [1.82, 2.24) is 15.5 Å². The van der Waals surface area contributed by atoms with Gasteiger partial charge in [0, 0.05) is 18.4 Å². The van der Waals surface area contributed by atoms with Gasteiger partial charge >= 0.3 is 6.18 Å². The zero-order valence-electron chi connectivity index (χ0n) is 15.0. The molecule has 3 aromatic rings. The van der Waals surface area contributed by atoms with Gasteiger partial charge in [0.15, 0.2) is 0 Å². The molecule has 3 rings (SSSR count). The van der Waals surface area contributed by atoms with Crippen LogP contribution < -0.4 is 5.32 Å². The van der Waals surface area contributed by atoms with Crippen LogP contribution >= 0.6 is 0 Å². The van der Waals surface area contributed by atoms with E-state index in [-0.39, 0.29) is 18.7 Å². The lowest BCUT2D eigenvalue weighted by molar-refractivity contribution is -0.137. The van der Waals surface area contributed by atoms with Gasteiger partial charge in [-0.25, -0.2) is 0 Å². The topological polar surface area (TPSA) is 68.0 Å². The summed E-state index contributed by atoms with van der Waals surface area (Å²) in [7, 11) is 0. The second-order valence-electron chi connectivity index (χ2n) is 6.28. The van der Waals surface area contributed by atoms with Crippen LogP contribution in [0, 0.1) is 0 Å². The maximum Gasteiger partial charge on any atom is 0.416 e. The third-order valence-electron chi connectivity index (χ3n) is 4.14. The van der Waals surface area contributed by atoms with E-state index in [0.29, 0.717) is 17.3 Å². The second-order valence-corrected chi connectivity index (χ2v) is 6.28. The number of nitrogens with one attached hydrogen (secondary N) is 1. The number of amides is 1. The van der Waals surface area contributed by atoms with E-state index in [1.807, 2.05) is 30.3 Å². The van der Waals surface area contributed by atoms with Crippen molar-refractivity contribution in [2.24, 2.45) is 0 Å². The molecule has 0 saturated carbocycles. The lowest BCUT2D eigenvalue weighted by atomic mass is 10.0. The Balaban J connectivity index is 1.55. The Bertz CT molecular complexity index is 939. The molecule has 1 amide bonds. The van der Waals surface area contributed by atoms with Gasteiger partial charge in [0.1, 0.15) is 0 Å². The van der Waals surface area contributed by atoms with E-state index >= 15 is 0 Å². The number of hydrogen-bond donors (Lipinski definition) is 1. The predicted molar refractivity (Wildman–Crippen MR) is 96.1 cm³/mol. The van der Waals surface area contributed by atoms with Crippen LogP contribution in [0.25, 0.3) is 11.5 Å². The van der Waals surface area contributed by atoms with Crippen LogP contribution in [-0.4, -0.2) is 16.1 Å². The molecule has 0 aliphatic heterocycles. The average molecular weight is 389 g/mol. The number of aromatic nitrogens is 2. The van der Waals surface area contributed by atoms with Crippen LogP contribution in [0.4, 0.5) is 13.2 Å². The molecule has 0 fully saturated rings. The van der Waals surface area contributed by atoms with Crippen molar-refractivity contribution in [2.75, 3.05) is 0 Å². The first-order chi connectivity index (χ1) is 13.3. The molecule has 2 aromatic carbocycles. The van der Waals surface area contributed by atoms with Gasteiger partial charge in [0.25, 0.3) is 0 Å². The predicted octanol–water partition coefficient (Wildman–Crippen LogP) is 4.57.